The van der Waals surface area contributed by atoms with Crippen LogP contribution >= 0.6 is 0 Å². The molecular formula is C29H29FN2O5S. The first-order valence-corrected chi connectivity index (χ1v) is 13.4. The van der Waals surface area contributed by atoms with Crippen LogP contribution in [0, 0.1) is 19.7 Å². The van der Waals surface area contributed by atoms with Crippen LogP contribution in [0.3, 0.4) is 0 Å². The molecular weight excluding hydrogens is 507 g/mol. The standard InChI is InChI=1S/C29H27FN2O5S.H2/c1-6-31-28(33)19-8-10-22-24(14-19)29(34)32(5)16-25(22)23-15-21(38(35,36)7-2)9-11-26(23)37-27-17(3)12-20(30)13-18(27)4;/h7-16H,2,6H2,1,3-5H3,(H,31,33);1H. The lowest BCUT2D eigenvalue weighted by molar-refractivity contribution is 0.0956. The van der Waals surface area contributed by atoms with E-state index in [0.29, 0.717) is 51.2 Å². The fourth-order valence-electron chi connectivity index (χ4n) is 4.34. The molecule has 1 amide bonds. The number of nitrogens with zero attached hydrogens (tertiary/aromatic N) is 1. The van der Waals surface area contributed by atoms with Gasteiger partial charge in [-0.2, -0.15) is 0 Å². The molecule has 0 atom stereocenters. The van der Waals surface area contributed by atoms with Gasteiger partial charge in [-0.05, 0) is 79.7 Å². The van der Waals surface area contributed by atoms with Gasteiger partial charge in [0.25, 0.3) is 11.5 Å². The monoisotopic (exact) mass is 536 g/mol. The molecule has 0 fully saturated rings. The minimum Gasteiger partial charge on any atom is -0.456 e. The first-order chi connectivity index (χ1) is 18.0. The molecule has 0 saturated carbocycles. The van der Waals surface area contributed by atoms with Crippen LogP contribution in [0.4, 0.5) is 4.39 Å². The van der Waals surface area contributed by atoms with E-state index in [1.54, 1.807) is 46.1 Å². The predicted octanol–water partition coefficient (Wildman–Crippen LogP) is 5.67. The number of carbonyl (C=O) groups excluding carboxylic acids is 1. The smallest absolute Gasteiger partial charge is 0.258 e. The Morgan fingerprint density at radius 1 is 1.08 bits per heavy atom. The SMILES string of the molecule is C=CS(=O)(=O)c1ccc(Oc2c(C)cc(F)cc2C)c(-c2cn(C)c(=O)c3cc(C(=O)NCC)ccc23)c1.[HH]. The highest BCUT2D eigenvalue weighted by molar-refractivity contribution is 7.94. The topological polar surface area (TPSA) is 94.5 Å². The zero-order valence-corrected chi connectivity index (χ0v) is 22.3. The Morgan fingerprint density at radius 2 is 1.76 bits per heavy atom. The summed E-state index contributed by atoms with van der Waals surface area (Å²) in [5, 5.41) is 4.37. The molecule has 0 aliphatic carbocycles. The zero-order chi connectivity index (χ0) is 27.8. The minimum absolute atomic E-state index is 0. The number of amides is 1. The number of rotatable bonds is 7. The van der Waals surface area contributed by atoms with Crippen molar-refractivity contribution in [1.82, 2.24) is 9.88 Å². The normalized spacial score (nSPS) is 11.4. The third kappa shape index (κ3) is 4.97. The number of fused-ring (bicyclic) bond motifs is 1. The summed E-state index contributed by atoms with van der Waals surface area (Å²) < 4.78 is 46.9. The molecule has 0 bridgehead atoms. The molecule has 1 N–H and O–H groups in total. The van der Waals surface area contributed by atoms with Gasteiger partial charge < -0.3 is 14.6 Å². The minimum atomic E-state index is -3.80. The van der Waals surface area contributed by atoms with Crippen LogP contribution in [0.2, 0.25) is 0 Å². The molecule has 0 aliphatic rings. The highest BCUT2D eigenvalue weighted by Gasteiger charge is 2.20. The Morgan fingerprint density at radius 3 is 2.39 bits per heavy atom. The van der Waals surface area contributed by atoms with E-state index >= 15 is 0 Å². The number of aryl methyl sites for hydroxylation is 3. The summed E-state index contributed by atoms with van der Waals surface area (Å²) in [6, 6.07) is 11.9. The molecule has 9 heteroatoms. The number of benzene rings is 3. The number of hydrogen-bond donors (Lipinski definition) is 1. The lowest BCUT2D eigenvalue weighted by Gasteiger charge is -2.18. The molecule has 1 aromatic heterocycles. The molecule has 7 nitrogen and oxygen atoms in total. The second kappa shape index (κ2) is 10.3. The molecule has 0 spiro atoms. The average molecular weight is 537 g/mol. The van der Waals surface area contributed by atoms with Crippen LogP contribution in [-0.2, 0) is 16.9 Å². The van der Waals surface area contributed by atoms with E-state index in [-0.39, 0.29) is 23.2 Å². The molecule has 4 aromatic rings. The number of halogens is 1. The highest BCUT2D eigenvalue weighted by Crippen LogP contribution is 2.40. The van der Waals surface area contributed by atoms with Crippen molar-refractivity contribution in [3.63, 3.8) is 0 Å². The second-order valence-corrected chi connectivity index (χ2v) is 10.8. The van der Waals surface area contributed by atoms with Crippen molar-refractivity contribution < 1.29 is 23.8 Å². The second-order valence-electron chi connectivity index (χ2n) is 8.92. The van der Waals surface area contributed by atoms with Gasteiger partial charge in [-0.1, -0.05) is 12.6 Å². The van der Waals surface area contributed by atoms with Crippen molar-refractivity contribution in [2.45, 2.75) is 25.7 Å². The molecule has 0 aliphatic heterocycles. The summed E-state index contributed by atoms with van der Waals surface area (Å²) in [6.07, 6.45) is 1.59. The third-order valence-corrected chi connectivity index (χ3v) is 7.56. The van der Waals surface area contributed by atoms with E-state index < -0.39 is 15.7 Å². The number of hydrogen-bond acceptors (Lipinski definition) is 5. The van der Waals surface area contributed by atoms with Crippen LogP contribution in [0.25, 0.3) is 21.9 Å². The van der Waals surface area contributed by atoms with Crippen LogP contribution in [-0.4, -0.2) is 25.4 Å². The lowest BCUT2D eigenvalue weighted by atomic mass is 9.98. The van der Waals surface area contributed by atoms with Gasteiger partial charge >= 0.3 is 0 Å². The number of carbonyl (C=O) groups is 1. The van der Waals surface area contributed by atoms with E-state index in [1.807, 2.05) is 0 Å². The maximum Gasteiger partial charge on any atom is 0.258 e. The van der Waals surface area contributed by atoms with Gasteiger partial charge in [-0.3, -0.25) is 9.59 Å². The Bertz CT molecular complexity index is 1760. The molecule has 4 rings (SSSR count). The number of sulfone groups is 1. The van der Waals surface area contributed by atoms with Crippen molar-refractivity contribution in [3.05, 3.63) is 99.6 Å². The molecule has 198 valence electrons. The molecule has 0 unspecified atom stereocenters. The Balaban J connectivity index is 0.00000420. The van der Waals surface area contributed by atoms with Gasteiger partial charge in [0.2, 0.25) is 0 Å². The van der Waals surface area contributed by atoms with Crippen molar-refractivity contribution in [1.29, 1.82) is 0 Å². The van der Waals surface area contributed by atoms with Gasteiger partial charge in [0, 0.05) is 48.7 Å². The van der Waals surface area contributed by atoms with Gasteiger partial charge in [-0.15, -0.1) is 0 Å². The molecule has 3 aromatic carbocycles. The quantitative estimate of drug-likeness (QED) is 0.329. The highest BCUT2D eigenvalue weighted by atomic mass is 32.2. The summed E-state index contributed by atoms with van der Waals surface area (Å²) >= 11 is 0. The van der Waals surface area contributed by atoms with E-state index in [4.69, 9.17) is 4.74 Å². The maximum atomic E-state index is 13.9. The predicted molar refractivity (Wildman–Crippen MR) is 148 cm³/mol. The number of aromatic nitrogens is 1. The van der Waals surface area contributed by atoms with Crippen LogP contribution in [0.5, 0.6) is 11.5 Å². The van der Waals surface area contributed by atoms with E-state index in [2.05, 4.69) is 11.9 Å². The largest absolute Gasteiger partial charge is 0.456 e. The van der Waals surface area contributed by atoms with Crippen LogP contribution < -0.4 is 15.6 Å². The number of ether oxygens (including phenoxy) is 1. The van der Waals surface area contributed by atoms with Gasteiger partial charge in [0.05, 0.1) is 4.90 Å². The van der Waals surface area contributed by atoms with E-state index in [9.17, 15) is 22.4 Å². The molecule has 1 heterocycles. The summed E-state index contributed by atoms with van der Waals surface area (Å²) in [5.74, 6) is 0.0253. The average Bonchev–Trinajstić information content (AvgIpc) is 2.88. The van der Waals surface area contributed by atoms with Gasteiger partial charge in [0.15, 0.2) is 9.84 Å². The van der Waals surface area contributed by atoms with Crippen LogP contribution in [0.15, 0.2) is 76.4 Å². The van der Waals surface area contributed by atoms with Gasteiger partial charge in [0.1, 0.15) is 17.3 Å². The summed E-state index contributed by atoms with van der Waals surface area (Å²) in [5.41, 5.74) is 2.03. The maximum absolute atomic E-state index is 13.9. The number of nitrogens with one attached hydrogen (secondary N) is 1. The first kappa shape index (κ1) is 26.8. The molecule has 0 saturated heterocycles. The van der Waals surface area contributed by atoms with E-state index in [1.165, 1.54) is 41.0 Å². The lowest BCUT2D eigenvalue weighted by Crippen LogP contribution is -2.23. The summed E-state index contributed by atoms with van der Waals surface area (Å²) in [4.78, 5) is 25.5. The third-order valence-electron chi connectivity index (χ3n) is 6.21. The summed E-state index contributed by atoms with van der Waals surface area (Å²) in [6.45, 7) is 9.07. The zero-order valence-electron chi connectivity index (χ0n) is 21.5. The Hall–Kier alpha value is -4.24. The van der Waals surface area contributed by atoms with E-state index in [0.717, 1.165) is 5.41 Å². The first-order valence-electron chi connectivity index (χ1n) is 11.8. The Labute approximate surface area is 221 Å². The van der Waals surface area contributed by atoms with Crippen molar-refractivity contribution in [2.24, 2.45) is 7.05 Å². The summed E-state index contributed by atoms with van der Waals surface area (Å²) in [7, 11) is -2.23. The van der Waals surface area contributed by atoms with Crippen molar-refractivity contribution in [2.75, 3.05) is 6.54 Å². The van der Waals surface area contributed by atoms with Crippen LogP contribution in [0.1, 0.15) is 29.8 Å². The van der Waals surface area contributed by atoms with Crippen molar-refractivity contribution in [3.8, 4) is 22.6 Å². The fraction of sp³-hybridized carbons (Fsp3) is 0.172. The van der Waals surface area contributed by atoms with Gasteiger partial charge in [-0.25, -0.2) is 12.8 Å². The number of pyridine rings is 1. The molecule has 38 heavy (non-hydrogen) atoms. The Kier molecular flexibility index (Phi) is 7.24. The fourth-order valence-corrected chi connectivity index (χ4v) is 5.07. The molecule has 0 radical (unpaired) electrons. The van der Waals surface area contributed by atoms with Crippen molar-refractivity contribution >= 4 is 26.5 Å².